The molecule has 7 fully saturated rings. The first kappa shape index (κ1) is 110. The van der Waals surface area contributed by atoms with Crippen molar-refractivity contribution in [3.05, 3.63) is 361 Å². The molecule has 8 N–H and O–H groups in total. The van der Waals surface area contributed by atoms with Gasteiger partial charge in [0.05, 0.1) is 25.9 Å². The molecule has 0 saturated carbocycles. The fourth-order valence-electron chi connectivity index (χ4n) is 12.6. The lowest BCUT2D eigenvalue weighted by atomic mass is 10.1. The van der Waals surface area contributed by atoms with E-state index in [1.165, 1.54) is 101 Å². The second-order valence-corrected chi connectivity index (χ2v) is 30.4. The minimum absolute atomic E-state index is 0.00440. The standard InChI is InChI=1S/C17H18N2O3.C16H16N2O4.C15H12F2N2O3.C14H9N3O3.C14H12N2O3S.C14H12N2O3.C13H9FN2O2S/c1-3-18-15(20)14(16(21)19(4-2)17(18)22)12-8-11-13-9-6-5-7-10-13;1-17-14(19)12(15(20)18(2)16(17)21)9-6-8-11-7-4-5-10-13(11)22-3;1-18-13(20)10(14(21)19(2)15(18)22)6-3-5-9-11(16)7-4-8-12(9)17;15-8-10-5-2-1-4-9(10)6-3-7-11-12(18)16-14(20)17-13(11)19;1-19-11-8-3-2-5-9(11)6-4-7-10-12(17)15-14(20)16-13(10)18;1-9-5-2-3-6-10(9)7-4-8-11-12(17)15-14(19)16-13(11)18;14-10-7-2-1-4-8(10)5-3-6-9-11(17)15-13(19)16-12(9)18/h5-12H,3-4H2,1-2H3;4-10H,1-3H3;3-8H,1-2H3;1-7H,(H2,16,17,18,19,20);2-8H,1H3,(H2,15,16,17,18,20);2-8H,1H3,(H2,15,16,17,18,19);1-7H,(H2,15,16,17,18,19)/b11-8+;8-6+;5-3+;6-3+;6-4+;7-4+;5-3+. The summed E-state index contributed by atoms with van der Waals surface area (Å²) in [4.78, 5) is 227. The summed E-state index contributed by atoms with van der Waals surface area (Å²) >= 11 is 9.37. The summed E-state index contributed by atoms with van der Waals surface area (Å²) in [6, 6.07) is 47.0. The highest BCUT2D eigenvalue weighted by Crippen LogP contribution is 2.25. The highest BCUT2D eigenvalue weighted by Gasteiger charge is 2.42. The number of halogens is 3. The van der Waals surface area contributed by atoms with Crippen LogP contribution in [0.4, 0.5) is 37.1 Å². The van der Waals surface area contributed by atoms with E-state index >= 15 is 0 Å². The molecule has 0 aliphatic carbocycles. The molecule has 0 unspecified atom stereocenters. The van der Waals surface area contributed by atoms with Crippen LogP contribution in [-0.4, -0.2) is 208 Å². The van der Waals surface area contributed by atoms with Gasteiger partial charge < -0.3 is 9.47 Å². The van der Waals surface area contributed by atoms with Gasteiger partial charge in [-0.2, -0.15) is 5.26 Å². The first-order valence-corrected chi connectivity index (χ1v) is 43.4. The summed E-state index contributed by atoms with van der Waals surface area (Å²) in [7, 11) is 8.29. The number of benzene rings is 7. The molecule has 0 spiro atoms. The summed E-state index contributed by atoms with van der Waals surface area (Å²) < 4.78 is 50.6. The molecule has 7 aromatic rings. The summed E-state index contributed by atoms with van der Waals surface area (Å²) in [5, 5.41) is 26.2. The molecule has 7 aliphatic rings. The number of nitrogens with zero attached hydrogens (tertiary/aromatic N) is 7. The van der Waals surface area contributed by atoms with Crippen LogP contribution in [0, 0.1) is 35.7 Å². The lowest BCUT2D eigenvalue weighted by Gasteiger charge is -2.32. The predicted molar refractivity (Wildman–Crippen MR) is 531 cm³/mol. The SMILES string of the molecule is CCN1C(=O)C(=C/C=C/c2ccccc2)C(=O)N(CC)C1=O.CN1C(=O)C(=C/C=C/c2c(F)cccc2F)C(=O)N(C)C1=O.COc1ccccc1/C=C/C=C1C(=O)N(C)C(=O)N(C)C1=O.COc1ccccc1/C=C/C=C1C(=O)NC(=S)NC1=O.Cc1ccccc1/C=C/C=C1C(=O)NC(=O)NC1=O.N#Cc1ccccc1/C=C/C=C1C(=O)NC(=O)NC1=O.O=C1NC(=S)NC(=O)C1=C/C=C/c1ccccc1F. The Hall–Kier alpha value is -19.1. The Morgan fingerprint density at radius 2 is 0.597 bits per heavy atom. The number of likely N-dealkylation sites (N-methyl/N-ethyl adjacent to an activating group) is 6. The van der Waals surface area contributed by atoms with E-state index in [0.717, 1.165) is 81.5 Å². The Kier molecular flexibility index (Phi) is 41.0. The van der Waals surface area contributed by atoms with Crippen molar-refractivity contribution in [2.75, 3.05) is 55.5 Å². The van der Waals surface area contributed by atoms with Crippen molar-refractivity contribution in [2.45, 2.75) is 20.8 Å². The number of nitrogens with one attached hydrogen (secondary N) is 8. The predicted octanol–water partition coefficient (Wildman–Crippen LogP) is 10.7. The minimum Gasteiger partial charge on any atom is -0.496 e. The van der Waals surface area contributed by atoms with Gasteiger partial charge in [-0.1, -0.05) is 212 Å². The summed E-state index contributed by atoms with van der Waals surface area (Å²) in [6.45, 7) is 5.85. The zero-order valence-corrected chi connectivity index (χ0v) is 79.5. The van der Waals surface area contributed by atoms with E-state index in [2.05, 4.69) is 33.5 Å². The summed E-state index contributed by atoms with van der Waals surface area (Å²) in [6.07, 6.45) is 31.2. The van der Waals surface area contributed by atoms with Crippen LogP contribution < -0.4 is 52.0 Å². The van der Waals surface area contributed by atoms with E-state index < -0.39 is 124 Å². The number of para-hydroxylation sites is 2. The Morgan fingerprint density at radius 3 is 0.965 bits per heavy atom. The molecule has 0 bridgehead atoms. The second-order valence-electron chi connectivity index (χ2n) is 29.5. The number of methoxy groups -OCH3 is 2. The third-order valence-corrected chi connectivity index (χ3v) is 20.5. The van der Waals surface area contributed by atoms with Crippen molar-refractivity contribution < 1.29 is 114 Å². The van der Waals surface area contributed by atoms with Gasteiger partial charge in [-0.25, -0.2) is 37.1 Å². The molecule has 144 heavy (non-hydrogen) atoms. The Bertz CT molecular complexity index is 6620. The number of nitriles is 1. The number of barbiturate groups is 5. The van der Waals surface area contributed by atoms with Crippen molar-refractivity contribution >= 4 is 190 Å². The molecule has 0 radical (unpaired) electrons. The highest BCUT2D eigenvalue weighted by molar-refractivity contribution is 7.80. The van der Waals surface area contributed by atoms with E-state index in [9.17, 15) is 104 Å². The third-order valence-electron chi connectivity index (χ3n) is 20.1. The van der Waals surface area contributed by atoms with Gasteiger partial charge in [0, 0.05) is 63.5 Å². The molecule has 7 saturated heterocycles. The molecule has 14 rings (SSSR count). The van der Waals surface area contributed by atoms with E-state index in [0.29, 0.717) is 28.2 Å². The number of carbonyl (C=O) groups excluding carboxylic acids is 19. The number of urea groups is 5. The number of hydrogen-bond acceptors (Lipinski definition) is 24. The van der Waals surface area contributed by atoms with Crippen molar-refractivity contribution in [3.8, 4) is 17.6 Å². The number of imide groups is 10. The number of hydrogen-bond donors (Lipinski definition) is 8. The van der Waals surface area contributed by atoms with Gasteiger partial charge in [0.25, 0.3) is 82.7 Å². The van der Waals surface area contributed by atoms with Crippen molar-refractivity contribution in [1.82, 2.24) is 71.9 Å². The quantitative estimate of drug-likeness (QED) is 0.0225. The zero-order chi connectivity index (χ0) is 106. The number of allylic oxidation sites excluding steroid dienone is 14. The average Bonchev–Trinajstić information content (AvgIpc) is 0.829. The van der Waals surface area contributed by atoms with Gasteiger partial charge in [-0.15, -0.1) is 0 Å². The van der Waals surface area contributed by atoms with Gasteiger partial charge in [-0.3, -0.25) is 139 Å². The van der Waals surface area contributed by atoms with Gasteiger partial charge in [0.2, 0.25) is 0 Å². The van der Waals surface area contributed by atoms with E-state index in [-0.39, 0.29) is 73.7 Å². The van der Waals surface area contributed by atoms with Crippen LogP contribution in [0.3, 0.4) is 0 Å². The summed E-state index contributed by atoms with van der Waals surface area (Å²) in [5.41, 5.74) is 5.28. The average molecular weight is 1990 g/mol. The van der Waals surface area contributed by atoms with Crippen LogP contribution in [0.15, 0.2) is 294 Å². The van der Waals surface area contributed by atoms with Crippen LogP contribution in [0.1, 0.15) is 63.9 Å². The Balaban J connectivity index is 0.000000205. The highest BCUT2D eigenvalue weighted by atomic mass is 32.1. The van der Waals surface area contributed by atoms with E-state index in [1.807, 2.05) is 137 Å². The third kappa shape index (κ3) is 30.2. The maximum atomic E-state index is 13.4. The first-order valence-electron chi connectivity index (χ1n) is 42.6. The van der Waals surface area contributed by atoms with Gasteiger partial charge in [-0.05, 0) is 152 Å². The zero-order valence-electron chi connectivity index (χ0n) is 77.9. The minimum atomic E-state index is -0.837. The van der Waals surface area contributed by atoms with Gasteiger partial charge in [0.1, 0.15) is 68.0 Å². The molecule has 7 aromatic carbocycles. The largest absolute Gasteiger partial charge is 0.496 e. The molecular formula is C103H88F3N15O21S2. The molecular weight excluding hydrogens is 1900 g/mol. The van der Waals surface area contributed by atoms with Crippen LogP contribution in [0.2, 0.25) is 0 Å². The van der Waals surface area contributed by atoms with Crippen molar-refractivity contribution in [2.24, 2.45) is 0 Å². The van der Waals surface area contributed by atoms with E-state index in [1.54, 1.807) is 125 Å². The fraction of sp³-hybridized carbons (Fsp3) is 0.107. The topological polar surface area (TPSA) is 482 Å². The van der Waals surface area contributed by atoms with Crippen molar-refractivity contribution in [1.29, 1.82) is 5.26 Å². The number of aryl methyl sites for hydroxylation is 1. The molecule has 41 heteroatoms. The molecule has 734 valence electrons. The lowest BCUT2D eigenvalue weighted by molar-refractivity contribution is -0.137. The first-order chi connectivity index (χ1) is 68.8. The molecule has 7 heterocycles. The number of ether oxygens (including phenoxy) is 2. The fourth-order valence-corrected chi connectivity index (χ4v) is 13.0. The van der Waals surface area contributed by atoms with E-state index in [4.69, 9.17) is 27.0 Å². The van der Waals surface area contributed by atoms with Gasteiger partial charge in [0.15, 0.2) is 10.2 Å². The number of thiocarbonyl (C=S) groups is 2. The number of rotatable bonds is 18. The number of amides is 24. The molecule has 36 nitrogen and oxygen atoms in total. The Labute approximate surface area is 831 Å². The van der Waals surface area contributed by atoms with Crippen LogP contribution in [0.25, 0.3) is 42.5 Å². The number of carbonyl (C=O) groups is 19. The van der Waals surface area contributed by atoms with Crippen LogP contribution in [0.5, 0.6) is 11.5 Å². The lowest BCUT2D eigenvalue weighted by Crippen LogP contribution is -2.56. The summed E-state index contributed by atoms with van der Waals surface area (Å²) in [5.74, 6) is -9.43. The van der Waals surface area contributed by atoms with Crippen LogP contribution >= 0.6 is 24.4 Å². The Morgan fingerprint density at radius 1 is 0.312 bits per heavy atom. The van der Waals surface area contributed by atoms with Crippen LogP contribution in [-0.2, 0) is 67.1 Å². The maximum Gasteiger partial charge on any atom is 0.333 e. The molecule has 0 aromatic heterocycles. The van der Waals surface area contributed by atoms with Crippen molar-refractivity contribution in [3.63, 3.8) is 0 Å². The van der Waals surface area contributed by atoms with Gasteiger partial charge >= 0.3 is 30.2 Å². The normalized spacial score (nSPS) is 15.5. The molecule has 0 atom stereocenters. The smallest absolute Gasteiger partial charge is 0.333 e. The maximum absolute atomic E-state index is 13.4. The monoisotopic (exact) mass is 1990 g/mol. The molecule has 24 amide bonds. The second kappa shape index (κ2) is 53.6. The molecule has 7 aliphatic heterocycles.